The van der Waals surface area contributed by atoms with Crippen molar-refractivity contribution in [2.75, 3.05) is 11.5 Å². The van der Waals surface area contributed by atoms with E-state index < -0.39 is 0 Å². The van der Waals surface area contributed by atoms with Gasteiger partial charge in [-0.05, 0) is 24.3 Å². The SMILES string of the molecule is Nc1cn(CCSc2ccc(F)cc2)nn1. The molecular formula is C10H11FN4S. The van der Waals surface area contributed by atoms with E-state index in [0.717, 1.165) is 17.2 Å². The number of halogens is 1. The van der Waals surface area contributed by atoms with Crippen molar-refractivity contribution in [1.29, 1.82) is 0 Å². The minimum absolute atomic E-state index is 0.214. The van der Waals surface area contributed by atoms with Crippen LogP contribution in [0.3, 0.4) is 0 Å². The predicted octanol–water partition coefficient (Wildman–Crippen LogP) is 1.79. The van der Waals surface area contributed by atoms with Gasteiger partial charge in [-0.2, -0.15) is 0 Å². The van der Waals surface area contributed by atoms with E-state index in [1.165, 1.54) is 12.1 Å². The molecule has 2 rings (SSSR count). The minimum Gasteiger partial charge on any atom is -0.381 e. The van der Waals surface area contributed by atoms with Crippen LogP contribution in [0.15, 0.2) is 35.4 Å². The summed E-state index contributed by atoms with van der Waals surface area (Å²) in [5, 5.41) is 7.52. The van der Waals surface area contributed by atoms with Gasteiger partial charge >= 0.3 is 0 Å². The number of benzene rings is 1. The van der Waals surface area contributed by atoms with Crippen molar-refractivity contribution in [3.05, 3.63) is 36.3 Å². The van der Waals surface area contributed by atoms with E-state index in [-0.39, 0.29) is 5.82 Å². The van der Waals surface area contributed by atoms with Gasteiger partial charge in [0, 0.05) is 10.6 Å². The summed E-state index contributed by atoms with van der Waals surface area (Å²) >= 11 is 1.64. The summed E-state index contributed by atoms with van der Waals surface area (Å²) in [6.45, 7) is 0.728. The maximum atomic E-state index is 12.6. The molecule has 1 aromatic carbocycles. The number of nitrogens with zero attached hydrogens (tertiary/aromatic N) is 3. The fourth-order valence-electron chi connectivity index (χ4n) is 1.21. The number of hydrogen-bond donors (Lipinski definition) is 1. The average molecular weight is 238 g/mol. The summed E-state index contributed by atoms with van der Waals surface area (Å²) in [4.78, 5) is 1.04. The smallest absolute Gasteiger partial charge is 0.165 e. The Morgan fingerprint density at radius 1 is 1.31 bits per heavy atom. The third-order valence-corrected chi connectivity index (χ3v) is 2.95. The molecule has 84 valence electrons. The zero-order chi connectivity index (χ0) is 11.4. The number of aryl methyl sites for hydroxylation is 1. The molecule has 0 spiro atoms. The van der Waals surface area contributed by atoms with E-state index in [1.807, 2.05) is 0 Å². The third kappa shape index (κ3) is 2.96. The number of nitrogen functional groups attached to an aromatic ring is 1. The first-order chi connectivity index (χ1) is 7.74. The lowest BCUT2D eigenvalue weighted by Gasteiger charge is -2.01. The topological polar surface area (TPSA) is 56.7 Å². The Balaban J connectivity index is 1.82. The number of nitrogens with two attached hydrogens (primary N) is 1. The van der Waals surface area contributed by atoms with E-state index in [1.54, 1.807) is 34.8 Å². The molecule has 0 atom stereocenters. The highest BCUT2D eigenvalue weighted by Crippen LogP contribution is 2.18. The molecule has 0 saturated heterocycles. The number of anilines is 1. The van der Waals surface area contributed by atoms with Crippen LogP contribution in [0, 0.1) is 5.82 Å². The first kappa shape index (κ1) is 10.9. The first-order valence-electron chi connectivity index (χ1n) is 4.78. The molecule has 4 nitrogen and oxygen atoms in total. The molecule has 0 aliphatic carbocycles. The second-order valence-corrected chi connectivity index (χ2v) is 4.38. The van der Waals surface area contributed by atoms with Gasteiger partial charge in [0.25, 0.3) is 0 Å². The molecule has 0 fully saturated rings. The van der Waals surface area contributed by atoms with Gasteiger partial charge in [0.15, 0.2) is 5.82 Å². The fraction of sp³-hybridized carbons (Fsp3) is 0.200. The lowest BCUT2D eigenvalue weighted by atomic mass is 10.4. The lowest BCUT2D eigenvalue weighted by molar-refractivity contribution is 0.626. The van der Waals surface area contributed by atoms with E-state index in [2.05, 4.69) is 10.3 Å². The molecule has 6 heteroatoms. The van der Waals surface area contributed by atoms with Crippen molar-refractivity contribution in [2.45, 2.75) is 11.4 Å². The van der Waals surface area contributed by atoms with Crippen LogP contribution in [-0.4, -0.2) is 20.7 Å². The van der Waals surface area contributed by atoms with Gasteiger partial charge in [0.05, 0.1) is 12.7 Å². The molecule has 0 unspecified atom stereocenters. The highest BCUT2D eigenvalue weighted by Gasteiger charge is 1.98. The summed E-state index contributed by atoms with van der Waals surface area (Å²) in [5.41, 5.74) is 5.44. The second kappa shape index (κ2) is 4.98. The van der Waals surface area contributed by atoms with Gasteiger partial charge in [-0.15, -0.1) is 16.9 Å². The van der Waals surface area contributed by atoms with Crippen LogP contribution in [0.4, 0.5) is 10.2 Å². The van der Waals surface area contributed by atoms with Crippen molar-refractivity contribution in [1.82, 2.24) is 15.0 Å². The van der Waals surface area contributed by atoms with Gasteiger partial charge in [0.1, 0.15) is 5.82 Å². The highest BCUT2D eigenvalue weighted by atomic mass is 32.2. The van der Waals surface area contributed by atoms with Crippen LogP contribution >= 0.6 is 11.8 Å². The summed E-state index contributed by atoms with van der Waals surface area (Å²) in [6.07, 6.45) is 1.69. The minimum atomic E-state index is -0.214. The Labute approximate surface area is 96.6 Å². The number of hydrogen-bond acceptors (Lipinski definition) is 4. The molecule has 1 aromatic heterocycles. The molecule has 1 heterocycles. The molecule has 0 radical (unpaired) electrons. The summed E-state index contributed by atoms with van der Waals surface area (Å²) in [6, 6.07) is 6.43. The van der Waals surface area contributed by atoms with Gasteiger partial charge in [-0.1, -0.05) is 5.21 Å². The zero-order valence-electron chi connectivity index (χ0n) is 8.51. The molecule has 2 aromatic rings. The molecule has 2 N–H and O–H groups in total. The summed E-state index contributed by atoms with van der Waals surface area (Å²) in [5.74, 6) is 1.05. The predicted molar refractivity (Wildman–Crippen MR) is 61.6 cm³/mol. The monoisotopic (exact) mass is 238 g/mol. The van der Waals surface area contributed by atoms with Crippen molar-refractivity contribution >= 4 is 17.6 Å². The van der Waals surface area contributed by atoms with Crippen molar-refractivity contribution in [3.63, 3.8) is 0 Å². The second-order valence-electron chi connectivity index (χ2n) is 3.21. The molecule has 0 saturated carbocycles. The van der Waals surface area contributed by atoms with Crippen molar-refractivity contribution in [3.8, 4) is 0 Å². The Bertz CT molecular complexity index is 454. The summed E-state index contributed by atoms with van der Waals surface area (Å²) < 4.78 is 14.3. The normalized spacial score (nSPS) is 10.6. The lowest BCUT2D eigenvalue weighted by Crippen LogP contribution is -2.00. The highest BCUT2D eigenvalue weighted by molar-refractivity contribution is 7.99. The van der Waals surface area contributed by atoms with Gasteiger partial charge < -0.3 is 5.73 Å². The fourth-order valence-corrected chi connectivity index (χ4v) is 2.05. The molecule has 0 bridgehead atoms. The van der Waals surface area contributed by atoms with Gasteiger partial charge in [0.2, 0.25) is 0 Å². The maximum absolute atomic E-state index is 12.6. The Morgan fingerprint density at radius 2 is 2.06 bits per heavy atom. The zero-order valence-corrected chi connectivity index (χ0v) is 9.32. The van der Waals surface area contributed by atoms with Crippen LogP contribution in [0.5, 0.6) is 0 Å². The Kier molecular flexibility index (Phi) is 3.40. The Morgan fingerprint density at radius 3 is 2.69 bits per heavy atom. The van der Waals surface area contributed by atoms with Crippen LogP contribution in [0.1, 0.15) is 0 Å². The van der Waals surface area contributed by atoms with Crippen LogP contribution < -0.4 is 5.73 Å². The van der Waals surface area contributed by atoms with Crippen LogP contribution in [0.2, 0.25) is 0 Å². The molecular weight excluding hydrogens is 227 g/mol. The standard InChI is InChI=1S/C10H11FN4S/c11-8-1-3-9(4-2-8)16-6-5-15-7-10(12)13-14-15/h1-4,7H,5-6,12H2. The van der Waals surface area contributed by atoms with Crippen LogP contribution in [-0.2, 0) is 6.54 Å². The van der Waals surface area contributed by atoms with E-state index in [0.29, 0.717) is 5.82 Å². The molecule has 16 heavy (non-hydrogen) atoms. The third-order valence-electron chi connectivity index (χ3n) is 1.96. The average Bonchev–Trinajstić information content (AvgIpc) is 2.67. The van der Waals surface area contributed by atoms with Crippen LogP contribution in [0.25, 0.3) is 0 Å². The Hall–Kier alpha value is -1.56. The van der Waals surface area contributed by atoms with Gasteiger partial charge in [-0.3, -0.25) is 0 Å². The van der Waals surface area contributed by atoms with E-state index in [9.17, 15) is 4.39 Å². The first-order valence-corrected chi connectivity index (χ1v) is 5.76. The van der Waals surface area contributed by atoms with Crippen molar-refractivity contribution < 1.29 is 4.39 Å². The molecule has 0 aliphatic heterocycles. The largest absolute Gasteiger partial charge is 0.381 e. The maximum Gasteiger partial charge on any atom is 0.165 e. The number of rotatable bonds is 4. The van der Waals surface area contributed by atoms with E-state index >= 15 is 0 Å². The summed E-state index contributed by atoms with van der Waals surface area (Å²) in [7, 11) is 0. The molecule has 0 aliphatic rings. The van der Waals surface area contributed by atoms with Crippen molar-refractivity contribution in [2.24, 2.45) is 0 Å². The number of aromatic nitrogens is 3. The molecule has 0 amide bonds. The number of thioether (sulfide) groups is 1. The van der Waals surface area contributed by atoms with Gasteiger partial charge in [-0.25, -0.2) is 9.07 Å². The van der Waals surface area contributed by atoms with E-state index in [4.69, 9.17) is 5.73 Å². The quantitative estimate of drug-likeness (QED) is 0.825.